The van der Waals surface area contributed by atoms with Crippen LogP contribution in [0.3, 0.4) is 0 Å². The SMILES string of the molecule is COc1cccc(NS(=O)(=O)c2cc(Br)cnc2N)c1. The molecule has 1 heterocycles. The Labute approximate surface area is 125 Å². The number of nitrogen functional groups attached to an aromatic ring is 1. The molecular formula is C12H12BrN3O3S. The lowest BCUT2D eigenvalue weighted by molar-refractivity contribution is 0.415. The third-order valence-corrected chi connectivity index (χ3v) is 4.30. The highest BCUT2D eigenvalue weighted by molar-refractivity contribution is 9.10. The number of nitrogens with zero attached hydrogens (tertiary/aromatic N) is 1. The molecule has 0 spiro atoms. The molecule has 2 rings (SSSR count). The molecule has 1 aromatic carbocycles. The second kappa shape index (κ2) is 5.68. The maximum atomic E-state index is 12.3. The number of nitrogens with one attached hydrogen (secondary N) is 1. The van der Waals surface area contributed by atoms with Gasteiger partial charge in [-0.1, -0.05) is 6.07 Å². The molecule has 0 saturated heterocycles. The number of halogens is 1. The number of benzene rings is 1. The standard InChI is InChI=1S/C12H12BrN3O3S/c1-19-10-4-2-3-9(6-10)16-20(17,18)11-5-8(13)7-15-12(11)14/h2-7,16H,1H3,(H2,14,15). The van der Waals surface area contributed by atoms with E-state index in [0.29, 0.717) is 15.9 Å². The molecule has 0 aliphatic rings. The van der Waals surface area contributed by atoms with Crippen molar-refractivity contribution in [2.24, 2.45) is 0 Å². The van der Waals surface area contributed by atoms with Gasteiger partial charge in [-0.3, -0.25) is 4.72 Å². The summed E-state index contributed by atoms with van der Waals surface area (Å²) in [5, 5.41) is 0. The summed E-state index contributed by atoms with van der Waals surface area (Å²) in [5.74, 6) is 0.481. The van der Waals surface area contributed by atoms with Crippen LogP contribution >= 0.6 is 15.9 Å². The zero-order valence-corrected chi connectivity index (χ0v) is 12.9. The van der Waals surface area contributed by atoms with E-state index >= 15 is 0 Å². The normalized spacial score (nSPS) is 11.1. The fourth-order valence-corrected chi connectivity index (χ4v) is 3.18. The van der Waals surface area contributed by atoms with Gasteiger partial charge in [-0.2, -0.15) is 0 Å². The lowest BCUT2D eigenvalue weighted by atomic mass is 10.3. The fraction of sp³-hybridized carbons (Fsp3) is 0.0833. The molecule has 0 radical (unpaired) electrons. The number of hydrogen-bond acceptors (Lipinski definition) is 5. The van der Waals surface area contributed by atoms with E-state index in [-0.39, 0.29) is 10.7 Å². The smallest absolute Gasteiger partial charge is 0.265 e. The van der Waals surface area contributed by atoms with Crippen molar-refractivity contribution in [3.63, 3.8) is 0 Å². The minimum absolute atomic E-state index is 0.0661. The molecular weight excluding hydrogens is 346 g/mol. The highest BCUT2D eigenvalue weighted by atomic mass is 79.9. The summed E-state index contributed by atoms with van der Waals surface area (Å²) in [6.07, 6.45) is 1.43. The molecule has 8 heteroatoms. The van der Waals surface area contributed by atoms with Crippen LogP contribution in [0, 0.1) is 0 Å². The molecule has 0 atom stereocenters. The topological polar surface area (TPSA) is 94.3 Å². The van der Waals surface area contributed by atoms with Crippen LogP contribution in [-0.2, 0) is 10.0 Å². The first-order valence-electron chi connectivity index (χ1n) is 5.50. The molecule has 0 bridgehead atoms. The van der Waals surface area contributed by atoms with Crippen molar-refractivity contribution in [3.8, 4) is 5.75 Å². The third-order valence-electron chi connectivity index (χ3n) is 2.46. The zero-order chi connectivity index (χ0) is 14.8. The van der Waals surface area contributed by atoms with Gasteiger partial charge >= 0.3 is 0 Å². The second-order valence-electron chi connectivity index (χ2n) is 3.87. The number of nitrogens with two attached hydrogens (primary N) is 1. The number of hydrogen-bond donors (Lipinski definition) is 2. The summed E-state index contributed by atoms with van der Waals surface area (Å²) in [6.45, 7) is 0. The van der Waals surface area contributed by atoms with Gasteiger partial charge in [-0.25, -0.2) is 13.4 Å². The predicted octanol–water partition coefficient (Wildman–Crippen LogP) is 2.24. The summed E-state index contributed by atoms with van der Waals surface area (Å²) < 4.78 is 32.6. The Morgan fingerprint density at radius 1 is 1.35 bits per heavy atom. The van der Waals surface area contributed by atoms with Crippen molar-refractivity contribution in [2.45, 2.75) is 4.90 Å². The monoisotopic (exact) mass is 357 g/mol. The number of rotatable bonds is 4. The molecule has 6 nitrogen and oxygen atoms in total. The van der Waals surface area contributed by atoms with Crippen LogP contribution < -0.4 is 15.2 Å². The number of methoxy groups -OCH3 is 1. The van der Waals surface area contributed by atoms with Gasteiger partial charge in [-0.05, 0) is 34.1 Å². The third kappa shape index (κ3) is 3.20. The van der Waals surface area contributed by atoms with Gasteiger partial charge < -0.3 is 10.5 Å². The van der Waals surface area contributed by atoms with E-state index in [1.165, 1.54) is 19.4 Å². The number of pyridine rings is 1. The van der Waals surface area contributed by atoms with Gasteiger partial charge in [0, 0.05) is 16.7 Å². The summed E-state index contributed by atoms with van der Waals surface area (Å²) in [7, 11) is -2.31. The zero-order valence-electron chi connectivity index (χ0n) is 10.5. The van der Waals surface area contributed by atoms with Crippen LogP contribution in [0.25, 0.3) is 0 Å². The van der Waals surface area contributed by atoms with Crippen molar-refractivity contribution in [3.05, 3.63) is 41.0 Å². The first-order chi connectivity index (χ1) is 9.42. The molecule has 20 heavy (non-hydrogen) atoms. The molecule has 106 valence electrons. The first kappa shape index (κ1) is 14.6. The van der Waals surface area contributed by atoms with E-state index in [4.69, 9.17) is 10.5 Å². The van der Waals surface area contributed by atoms with Gasteiger partial charge in [0.25, 0.3) is 10.0 Å². The number of anilines is 2. The van der Waals surface area contributed by atoms with Crippen molar-refractivity contribution in [2.75, 3.05) is 17.6 Å². The van der Waals surface area contributed by atoms with Gasteiger partial charge in [-0.15, -0.1) is 0 Å². The van der Waals surface area contributed by atoms with Crippen molar-refractivity contribution < 1.29 is 13.2 Å². The Morgan fingerprint density at radius 2 is 2.10 bits per heavy atom. The van der Waals surface area contributed by atoms with Gasteiger partial charge in [0.05, 0.1) is 12.8 Å². The van der Waals surface area contributed by atoms with Crippen LogP contribution in [0.15, 0.2) is 45.9 Å². The maximum Gasteiger partial charge on any atom is 0.265 e. The van der Waals surface area contributed by atoms with E-state index in [1.54, 1.807) is 24.3 Å². The van der Waals surface area contributed by atoms with Crippen LogP contribution in [-0.4, -0.2) is 20.5 Å². The molecule has 0 unspecified atom stereocenters. The quantitative estimate of drug-likeness (QED) is 0.874. The van der Waals surface area contributed by atoms with Gasteiger partial charge in [0.2, 0.25) is 0 Å². The van der Waals surface area contributed by atoms with Crippen molar-refractivity contribution in [1.82, 2.24) is 4.98 Å². The first-order valence-corrected chi connectivity index (χ1v) is 7.78. The van der Waals surface area contributed by atoms with Crippen LogP contribution in [0.2, 0.25) is 0 Å². The molecule has 3 N–H and O–H groups in total. The van der Waals surface area contributed by atoms with Crippen LogP contribution in [0.4, 0.5) is 11.5 Å². The average molecular weight is 358 g/mol. The second-order valence-corrected chi connectivity index (χ2v) is 6.44. The largest absolute Gasteiger partial charge is 0.497 e. The predicted molar refractivity (Wildman–Crippen MR) is 80.2 cm³/mol. The van der Waals surface area contributed by atoms with E-state index in [0.717, 1.165) is 0 Å². The number of sulfonamides is 1. The Bertz CT molecular complexity index is 734. The summed E-state index contributed by atoms with van der Waals surface area (Å²) in [6, 6.07) is 7.97. The molecule has 0 aliphatic heterocycles. The highest BCUT2D eigenvalue weighted by Crippen LogP contribution is 2.24. The van der Waals surface area contributed by atoms with Crippen LogP contribution in [0.5, 0.6) is 5.75 Å². The van der Waals surface area contributed by atoms with E-state index in [9.17, 15) is 8.42 Å². The van der Waals surface area contributed by atoms with Gasteiger partial charge in [0.15, 0.2) is 0 Å². The minimum Gasteiger partial charge on any atom is -0.497 e. The average Bonchev–Trinajstić information content (AvgIpc) is 2.41. The summed E-state index contributed by atoms with van der Waals surface area (Å²) >= 11 is 3.17. The van der Waals surface area contributed by atoms with E-state index < -0.39 is 10.0 Å². The highest BCUT2D eigenvalue weighted by Gasteiger charge is 2.19. The summed E-state index contributed by atoms with van der Waals surface area (Å²) in [5.41, 5.74) is 5.99. The van der Waals surface area contributed by atoms with E-state index in [1.807, 2.05) is 0 Å². The minimum atomic E-state index is -3.81. The molecule has 0 fully saturated rings. The number of ether oxygens (including phenoxy) is 1. The number of aromatic nitrogens is 1. The molecule has 0 saturated carbocycles. The fourth-order valence-electron chi connectivity index (χ4n) is 1.54. The Kier molecular flexibility index (Phi) is 4.15. The molecule has 2 aromatic rings. The maximum absolute atomic E-state index is 12.3. The Morgan fingerprint density at radius 3 is 2.80 bits per heavy atom. The Hall–Kier alpha value is -1.80. The lowest BCUT2D eigenvalue weighted by Crippen LogP contribution is -2.15. The molecule has 0 amide bonds. The summed E-state index contributed by atoms with van der Waals surface area (Å²) in [4.78, 5) is 3.72. The van der Waals surface area contributed by atoms with Crippen molar-refractivity contribution in [1.29, 1.82) is 0 Å². The van der Waals surface area contributed by atoms with Gasteiger partial charge in [0.1, 0.15) is 16.5 Å². The van der Waals surface area contributed by atoms with E-state index in [2.05, 4.69) is 25.6 Å². The van der Waals surface area contributed by atoms with Crippen LogP contribution in [0.1, 0.15) is 0 Å². The molecule has 0 aliphatic carbocycles. The van der Waals surface area contributed by atoms with Crippen molar-refractivity contribution >= 4 is 37.5 Å². The lowest BCUT2D eigenvalue weighted by Gasteiger charge is -2.10. The molecule has 1 aromatic heterocycles. The Balaban J connectivity index is 2.38.